The van der Waals surface area contributed by atoms with Gasteiger partial charge in [-0.05, 0) is 42.8 Å². The predicted octanol–water partition coefficient (Wildman–Crippen LogP) is 4.21. The van der Waals surface area contributed by atoms with E-state index in [1.165, 1.54) is 30.3 Å². The van der Waals surface area contributed by atoms with Crippen molar-refractivity contribution in [1.82, 2.24) is 4.98 Å². The number of nitrogens with zero attached hydrogens (tertiary/aromatic N) is 1. The van der Waals surface area contributed by atoms with Gasteiger partial charge in [0.05, 0.1) is 5.69 Å². The van der Waals surface area contributed by atoms with Gasteiger partial charge in [0.25, 0.3) is 0 Å². The summed E-state index contributed by atoms with van der Waals surface area (Å²) in [6, 6.07) is 7.74. The Labute approximate surface area is 101 Å². The molecule has 0 saturated carbocycles. The zero-order valence-electron chi connectivity index (χ0n) is 9.42. The second-order valence-electron chi connectivity index (χ2n) is 3.87. The van der Waals surface area contributed by atoms with E-state index in [0.29, 0.717) is 11.1 Å². The van der Waals surface area contributed by atoms with Crippen LogP contribution in [0.1, 0.15) is 11.3 Å². The van der Waals surface area contributed by atoms with E-state index >= 15 is 0 Å². The molecule has 0 unspecified atom stereocenters. The lowest BCUT2D eigenvalue weighted by molar-refractivity contribution is -0.141. The number of aryl methyl sites for hydroxylation is 1. The molecular formula is C13H9F4N. The molecule has 0 atom stereocenters. The fourth-order valence-corrected chi connectivity index (χ4v) is 1.56. The minimum absolute atomic E-state index is 0.174. The SMILES string of the molecule is Cc1cc(-c2cccc(C(F)(F)F)n2)ccc1F. The predicted molar refractivity (Wildman–Crippen MR) is 59.4 cm³/mol. The van der Waals surface area contributed by atoms with Crippen LogP contribution in [0.15, 0.2) is 36.4 Å². The summed E-state index contributed by atoms with van der Waals surface area (Å²) in [7, 11) is 0. The summed E-state index contributed by atoms with van der Waals surface area (Å²) in [5, 5.41) is 0. The molecule has 0 aliphatic rings. The summed E-state index contributed by atoms with van der Waals surface area (Å²) in [5.74, 6) is -0.397. The van der Waals surface area contributed by atoms with Crippen molar-refractivity contribution in [3.05, 3.63) is 53.5 Å². The van der Waals surface area contributed by atoms with Gasteiger partial charge in [-0.25, -0.2) is 9.37 Å². The second-order valence-corrected chi connectivity index (χ2v) is 3.87. The van der Waals surface area contributed by atoms with E-state index in [0.717, 1.165) is 6.07 Å². The number of rotatable bonds is 1. The normalized spacial score (nSPS) is 11.6. The molecular weight excluding hydrogens is 246 g/mol. The third kappa shape index (κ3) is 2.50. The van der Waals surface area contributed by atoms with Crippen LogP contribution in [0.4, 0.5) is 17.6 Å². The lowest BCUT2D eigenvalue weighted by atomic mass is 10.1. The molecule has 18 heavy (non-hydrogen) atoms. The Hall–Kier alpha value is -1.91. The highest BCUT2D eigenvalue weighted by Gasteiger charge is 2.32. The van der Waals surface area contributed by atoms with Gasteiger partial charge in [-0.15, -0.1) is 0 Å². The fourth-order valence-electron chi connectivity index (χ4n) is 1.56. The Bertz CT molecular complexity index is 575. The number of pyridine rings is 1. The molecule has 0 aliphatic carbocycles. The highest BCUT2D eigenvalue weighted by Crippen LogP contribution is 2.29. The van der Waals surface area contributed by atoms with Crippen molar-refractivity contribution < 1.29 is 17.6 Å². The number of aromatic nitrogens is 1. The van der Waals surface area contributed by atoms with Crippen LogP contribution in [-0.2, 0) is 6.18 Å². The minimum atomic E-state index is -4.48. The van der Waals surface area contributed by atoms with Crippen LogP contribution >= 0.6 is 0 Å². The highest BCUT2D eigenvalue weighted by molar-refractivity contribution is 5.60. The molecule has 0 fully saturated rings. The molecule has 1 heterocycles. The lowest BCUT2D eigenvalue weighted by Crippen LogP contribution is -2.08. The van der Waals surface area contributed by atoms with Crippen molar-refractivity contribution in [2.45, 2.75) is 13.1 Å². The van der Waals surface area contributed by atoms with Crippen molar-refractivity contribution in [3.63, 3.8) is 0 Å². The van der Waals surface area contributed by atoms with Crippen molar-refractivity contribution in [2.75, 3.05) is 0 Å². The van der Waals surface area contributed by atoms with Gasteiger partial charge in [0.1, 0.15) is 11.5 Å². The molecule has 1 aromatic heterocycles. The molecule has 0 saturated heterocycles. The van der Waals surface area contributed by atoms with E-state index < -0.39 is 17.7 Å². The van der Waals surface area contributed by atoms with Crippen molar-refractivity contribution in [1.29, 1.82) is 0 Å². The monoisotopic (exact) mass is 255 g/mol. The highest BCUT2D eigenvalue weighted by atomic mass is 19.4. The second kappa shape index (κ2) is 4.40. The molecule has 5 heteroatoms. The minimum Gasteiger partial charge on any atom is -0.243 e. The summed E-state index contributed by atoms with van der Waals surface area (Å²) in [4.78, 5) is 3.54. The molecule has 2 rings (SSSR count). The van der Waals surface area contributed by atoms with Gasteiger partial charge in [-0.2, -0.15) is 13.2 Å². The van der Waals surface area contributed by atoms with Gasteiger partial charge in [0.15, 0.2) is 0 Å². The van der Waals surface area contributed by atoms with E-state index in [-0.39, 0.29) is 5.69 Å². The number of hydrogen-bond donors (Lipinski definition) is 0. The number of halogens is 4. The molecule has 2 aromatic rings. The van der Waals surface area contributed by atoms with E-state index in [9.17, 15) is 17.6 Å². The van der Waals surface area contributed by atoms with Gasteiger partial charge in [-0.1, -0.05) is 6.07 Å². The van der Waals surface area contributed by atoms with Crippen LogP contribution in [0.2, 0.25) is 0 Å². The maximum absolute atomic E-state index is 13.1. The third-order valence-electron chi connectivity index (χ3n) is 2.49. The molecule has 0 spiro atoms. The summed E-state index contributed by atoms with van der Waals surface area (Å²) in [6.07, 6.45) is -4.48. The molecule has 1 nitrogen and oxygen atoms in total. The molecule has 0 amide bonds. The standard InChI is InChI=1S/C13H9F4N/c1-8-7-9(5-6-10(8)14)11-3-2-4-12(18-11)13(15,16)17/h2-7H,1H3. The van der Waals surface area contributed by atoms with E-state index in [1.54, 1.807) is 6.92 Å². The van der Waals surface area contributed by atoms with Crippen molar-refractivity contribution in [2.24, 2.45) is 0 Å². The topological polar surface area (TPSA) is 12.9 Å². The Morgan fingerprint density at radius 1 is 1.06 bits per heavy atom. The number of alkyl halides is 3. The first-order valence-corrected chi connectivity index (χ1v) is 5.19. The zero-order valence-corrected chi connectivity index (χ0v) is 9.42. The van der Waals surface area contributed by atoms with E-state index in [2.05, 4.69) is 4.98 Å². The Morgan fingerprint density at radius 3 is 2.39 bits per heavy atom. The molecule has 1 aromatic carbocycles. The molecule has 0 bridgehead atoms. The Kier molecular flexibility index (Phi) is 3.07. The van der Waals surface area contributed by atoms with Gasteiger partial charge in [0, 0.05) is 5.56 Å². The Morgan fingerprint density at radius 2 is 1.78 bits per heavy atom. The zero-order chi connectivity index (χ0) is 13.3. The average molecular weight is 255 g/mol. The lowest BCUT2D eigenvalue weighted by Gasteiger charge is -2.08. The maximum Gasteiger partial charge on any atom is 0.433 e. The smallest absolute Gasteiger partial charge is 0.243 e. The Balaban J connectivity index is 2.48. The molecule has 94 valence electrons. The quantitative estimate of drug-likeness (QED) is 0.695. The van der Waals surface area contributed by atoms with Gasteiger partial charge in [-0.3, -0.25) is 0 Å². The average Bonchev–Trinajstić information content (AvgIpc) is 2.32. The van der Waals surface area contributed by atoms with Gasteiger partial charge >= 0.3 is 6.18 Å². The van der Waals surface area contributed by atoms with Crippen LogP contribution < -0.4 is 0 Å². The number of hydrogen-bond acceptors (Lipinski definition) is 1. The summed E-state index contributed by atoms with van der Waals surface area (Å²) < 4.78 is 50.6. The van der Waals surface area contributed by atoms with Crippen LogP contribution in [-0.4, -0.2) is 4.98 Å². The van der Waals surface area contributed by atoms with Crippen LogP contribution in [0.5, 0.6) is 0 Å². The first-order valence-electron chi connectivity index (χ1n) is 5.19. The maximum atomic E-state index is 13.1. The van der Waals surface area contributed by atoms with Crippen LogP contribution in [0, 0.1) is 12.7 Å². The summed E-state index contributed by atoms with van der Waals surface area (Å²) >= 11 is 0. The molecule has 0 radical (unpaired) electrons. The number of benzene rings is 1. The van der Waals surface area contributed by atoms with Crippen LogP contribution in [0.25, 0.3) is 11.3 Å². The molecule has 0 aliphatic heterocycles. The van der Waals surface area contributed by atoms with Gasteiger partial charge in [0.2, 0.25) is 0 Å². The first kappa shape index (κ1) is 12.5. The fraction of sp³-hybridized carbons (Fsp3) is 0.154. The summed E-state index contributed by atoms with van der Waals surface area (Å²) in [6.45, 7) is 1.55. The van der Waals surface area contributed by atoms with E-state index in [1.807, 2.05) is 0 Å². The first-order chi connectivity index (χ1) is 8.38. The van der Waals surface area contributed by atoms with E-state index in [4.69, 9.17) is 0 Å². The third-order valence-corrected chi connectivity index (χ3v) is 2.49. The largest absolute Gasteiger partial charge is 0.433 e. The van der Waals surface area contributed by atoms with Crippen molar-refractivity contribution in [3.8, 4) is 11.3 Å². The summed E-state index contributed by atoms with van der Waals surface area (Å²) in [5.41, 5.74) is 0.0432. The van der Waals surface area contributed by atoms with Crippen LogP contribution in [0.3, 0.4) is 0 Å². The van der Waals surface area contributed by atoms with Crippen molar-refractivity contribution >= 4 is 0 Å². The molecule has 0 N–H and O–H groups in total. The van der Waals surface area contributed by atoms with Gasteiger partial charge < -0.3 is 0 Å².